The van der Waals surface area contributed by atoms with E-state index < -0.39 is 6.03 Å². The Hall–Kier alpha value is -3.05. The fourth-order valence-electron chi connectivity index (χ4n) is 2.95. The maximum Gasteiger partial charge on any atom is 0.348 e. The van der Waals surface area contributed by atoms with E-state index in [9.17, 15) is 14.4 Å². The largest absolute Gasteiger partial charge is 0.348 e. The van der Waals surface area contributed by atoms with Gasteiger partial charge in [-0.2, -0.15) is 4.68 Å². The molecule has 2 fully saturated rings. The van der Waals surface area contributed by atoms with Gasteiger partial charge in [-0.25, -0.2) is 14.6 Å². The SMILES string of the molecule is Cn1c(=O)n(N2CCC(=O)NC2=O)c2ccc(C#CC3CNC3)cc21. The molecule has 25 heavy (non-hydrogen) atoms. The minimum Gasteiger partial charge on any atom is -0.314 e. The van der Waals surface area contributed by atoms with E-state index >= 15 is 0 Å². The van der Waals surface area contributed by atoms with Crippen molar-refractivity contribution in [3.8, 4) is 11.8 Å². The van der Waals surface area contributed by atoms with Crippen LogP contribution in [0.2, 0.25) is 0 Å². The van der Waals surface area contributed by atoms with Gasteiger partial charge in [0.25, 0.3) is 0 Å². The number of benzene rings is 1. The van der Waals surface area contributed by atoms with Gasteiger partial charge in [0, 0.05) is 38.0 Å². The quantitative estimate of drug-likeness (QED) is 0.685. The van der Waals surface area contributed by atoms with Crippen molar-refractivity contribution in [1.82, 2.24) is 19.9 Å². The monoisotopic (exact) mass is 339 g/mol. The lowest BCUT2D eigenvalue weighted by atomic mass is 10.0. The first-order valence-electron chi connectivity index (χ1n) is 8.10. The van der Waals surface area contributed by atoms with E-state index in [1.807, 2.05) is 12.1 Å². The number of carbonyl (C=O) groups excluding carboxylic acids is 2. The average molecular weight is 339 g/mol. The number of hydrogen-bond acceptors (Lipinski definition) is 4. The van der Waals surface area contributed by atoms with E-state index in [-0.39, 0.29) is 24.6 Å². The highest BCUT2D eigenvalue weighted by Gasteiger charge is 2.27. The Labute approximate surface area is 143 Å². The molecule has 0 radical (unpaired) electrons. The number of amides is 3. The number of urea groups is 1. The number of hydrogen-bond donors (Lipinski definition) is 2. The number of nitrogens with one attached hydrogen (secondary N) is 2. The fourth-order valence-corrected chi connectivity index (χ4v) is 2.95. The summed E-state index contributed by atoms with van der Waals surface area (Å²) in [6.07, 6.45) is 0.160. The Morgan fingerprint density at radius 1 is 1.16 bits per heavy atom. The third-order valence-electron chi connectivity index (χ3n) is 4.51. The second-order valence-corrected chi connectivity index (χ2v) is 6.21. The van der Waals surface area contributed by atoms with Crippen LogP contribution < -0.4 is 21.3 Å². The second-order valence-electron chi connectivity index (χ2n) is 6.21. The molecular weight excluding hydrogens is 322 g/mol. The molecule has 0 bridgehead atoms. The highest BCUT2D eigenvalue weighted by molar-refractivity contribution is 6.02. The first-order valence-corrected chi connectivity index (χ1v) is 8.10. The molecule has 0 spiro atoms. The molecule has 0 aliphatic carbocycles. The van der Waals surface area contributed by atoms with Gasteiger partial charge in [-0.15, -0.1) is 0 Å². The van der Waals surface area contributed by atoms with Crippen LogP contribution in [0.25, 0.3) is 11.0 Å². The third-order valence-corrected chi connectivity index (χ3v) is 4.51. The first kappa shape index (κ1) is 15.5. The van der Waals surface area contributed by atoms with Crippen molar-refractivity contribution in [3.63, 3.8) is 0 Å². The summed E-state index contributed by atoms with van der Waals surface area (Å²) < 4.78 is 2.79. The number of aryl methyl sites for hydroxylation is 1. The van der Waals surface area contributed by atoms with Gasteiger partial charge in [0.15, 0.2) is 0 Å². The van der Waals surface area contributed by atoms with E-state index in [0.717, 1.165) is 18.7 Å². The number of fused-ring (bicyclic) bond motifs is 1. The van der Waals surface area contributed by atoms with Crippen LogP contribution in [0.3, 0.4) is 0 Å². The number of imide groups is 1. The lowest BCUT2D eigenvalue weighted by molar-refractivity contribution is -0.120. The maximum absolute atomic E-state index is 12.6. The summed E-state index contributed by atoms with van der Waals surface area (Å²) in [5.41, 5.74) is 1.78. The second kappa shape index (κ2) is 5.79. The molecule has 2 saturated heterocycles. The normalized spacial score (nSPS) is 17.9. The van der Waals surface area contributed by atoms with E-state index in [1.165, 1.54) is 14.3 Å². The Bertz CT molecular complexity index is 1000. The molecule has 2 N–H and O–H groups in total. The predicted octanol–water partition coefficient (Wildman–Crippen LogP) is -0.511. The van der Waals surface area contributed by atoms with Gasteiger partial charge in [-0.3, -0.25) is 14.7 Å². The summed E-state index contributed by atoms with van der Waals surface area (Å²) in [4.78, 5) is 36.0. The first-order chi connectivity index (χ1) is 12.0. The molecule has 0 saturated carbocycles. The Kier molecular flexibility index (Phi) is 3.58. The minimum atomic E-state index is -0.591. The molecule has 8 heteroatoms. The maximum atomic E-state index is 12.6. The molecular formula is C17H17N5O3. The average Bonchev–Trinajstić information content (AvgIpc) is 2.78. The zero-order valence-electron chi connectivity index (χ0n) is 13.7. The number of nitrogens with zero attached hydrogens (tertiary/aromatic N) is 3. The Morgan fingerprint density at radius 2 is 1.96 bits per heavy atom. The van der Waals surface area contributed by atoms with Crippen LogP contribution >= 0.6 is 0 Å². The Balaban J connectivity index is 1.76. The van der Waals surface area contributed by atoms with E-state index in [0.29, 0.717) is 17.0 Å². The molecule has 3 heterocycles. The molecule has 4 rings (SSSR count). The van der Waals surface area contributed by atoms with Crippen LogP contribution in [0.15, 0.2) is 23.0 Å². The number of imidazole rings is 1. The molecule has 3 amide bonds. The number of aromatic nitrogens is 2. The van der Waals surface area contributed by atoms with Crippen molar-refractivity contribution in [2.45, 2.75) is 6.42 Å². The van der Waals surface area contributed by atoms with Crippen LogP contribution in [-0.4, -0.2) is 40.8 Å². The Morgan fingerprint density at radius 3 is 2.64 bits per heavy atom. The molecule has 8 nitrogen and oxygen atoms in total. The van der Waals surface area contributed by atoms with Gasteiger partial charge in [0.2, 0.25) is 5.91 Å². The smallest absolute Gasteiger partial charge is 0.314 e. The van der Waals surface area contributed by atoms with Crippen molar-refractivity contribution in [2.24, 2.45) is 13.0 Å². The molecule has 2 aromatic rings. The highest BCUT2D eigenvalue weighted by Crippen LogP contribution is 2.16. The summed E-state index contributed by atoms with van der Waals surface area (Å²) in [5, 5.41) is 6.67. The van der Waals surface area contributed by atoms with Crippen molar-refractivity contribution in [3.05, 3.63) is 34.2 Å². The lowest BCUT2D eigenvalue weighted by Crippen LogP contribution is -2.57. The van der Waals surface area contributed by atoms with Gasteiger partial charge >= 0.3 is 11.7 Å². The lowest BCUT2D eigenvalue weighted by Gasteiger charge is -2.26. The summed E-state index contributed by atoms with van der Waals surface area (Å²) >= 11 is 0. The van der Waals surface area contributed by atoms with Crippen LogP contribution in [0.5, 0.6) is 0 Å². The molecule has 1 aromatic heterocycles. The predicted molar refractivity (Wildman–Crippen MR) is 91.7 cm³/mol. The van der Waals surface area contributed by atoms with Crippen LogP contribution in [-0.2, 0) is 11.8 Å². The minimum absolute atomic E-state index is 0.160. The molecule has 2 aliphatic rings. The molecule has 2 aliphatic heterocycles. The van der Waals surface area contributed by atoms with Gasteiger partial charge in [0.1, 0.15) is 0 Å². The van der Waals surface area contributed by atoms with Crippen molar-refractivity contribution in [2.75, 3.05) is 24.6 Å². The summed E-state index contributed by atoms with van der Waals surface area (Å²) in [6, 6.07) is 4.87. The standard InChI is InChI=1S/C17H17N5O3/c1-20-14-8-11(2-3-12-9-18-10-12)4-5-13(14)22(17(20)25)21-7-6-15(23)19-16(21)24/h4-5,8,12,18H,6-7,9-10H2,1H3,(H,19,23,24). The van der Waals surface area contributed by atoms with Crippen molar-refractivity contribution < 1.29 is 9.59 Å². The van der Waals surface area contributed by atoms with E-state index in [4.69, 9.17) is 0 Å². The molecule has 0 atom stereocenters. The third kappa shape index (κ3) is 2.58. The van der Waals surface area contributed by atoms with Crippen molar-refractivity contribution in [1.29, 1.82) is 0 Å². The van der Waals surface area contributed by atoms with Gasteiger partial charge in [0.05, 0.1) is 17.6 Å². The summed E-state index contributed by atoms with van der Waals surface area (Å²) in [7, 11) is 1.65. The van der Waals surface area contributed by atoms with E-state index in [1.54, 1.807) is 13.1 Å². The highest BCUT2D eigenvalue weighted by atomic mass is 16.2. The van der Waals surface area contributed by atoms with Crippen molar-refractivity contribution >= 4 is 23.0 Å². The molecule has 1 aromatic carbocycles. The van der Waals surface area contributed by atoms with E-state index in [2.05, 4.69) is 22.5 Å². The number of rotatable bonds is 1. The van der Waals surface area contributed by atoms with Gasteiger partial charge < -0.3 is 5.32 Å². The van der Waals surface area contributed by atoms with Gasteiger partial charge in [-0.05, 0) is 18.2 Å². The fraction of sp³-hybridized carbons (Fsp3) is 0.353. The summed E-state index contributed by atoms with van der Waals surface area (Å²) in [6.45, 7) is 1.99. The molecule has 0 unspecified atom stereocenters. The number of carbonyl (C=O) groups is 2. The van der Waals surface area contributed by atoms with Crippen LogP contribution in [0.4, 0.5) is 4.79 Å². The zero-order valence-corrected chi connectivity index (χ0v) is 13.7. The van der Waals surface area contributed by atoms with Crippen LogP contribution in [0.1, 0.15) is 12.0 Å². The van der Waals surface area contributed by atoms with Gasteiger partial charge in [-0.1, -0.05) is 11.8 Å². The molecule has 128 valence electrons. The zero-order chi connectivity index (χ0) is 17.6. The van der Waals surface area contributed by atoms with Crippen LogP contribution in [0, 0.1) is 17.8 Å². The topological polar surface area (TPSA) is 88.4 Å². The summed E-state index contributed by atoms with van der Waals surface area (Å²) in [5.74, 6) is 6.37.